The van der Waals surface area contributed by atoms with E-state index in [9.17, 15) is 0 Å². The maximum atomic E-state index is 3.57. The lowest BCUT2D eigenvalue weighted by atomic mass is 9.78. The van der Waals surface area contributed by atoms with E-state index in [1.54, 1.807) is 4.88 Å². The zero-order chi connectivity index (χ0) is 13.0. The Labute approximate surface area is 116 Å². The lowest BCUT2D eigenvalue weighted by molar-refractivity contribution is 0.236. The number of likely N-dealkylation sites (N-methyl/N-ethyl adjacent to an activating group) is 1. The molecule has 1 aromatic rings. The van der Waals surface area contributed by atoms with E-state index < -0.39 is 0 Å². The molecule has 0 amide bonds. The molecule has 18 heavy (non-hydrogen) atoms. The van der Waals surface area contributed by atoms with E-state index in [1.807, 2.05) is 11.3 Å². The van der Waals surface area contributed by atoms with Crippen molar-refractivity contribution in [2.45, 2.75) is 58.4 Å². The van der Waals surface area contributed by atoms with Gasteiger partial charge < -0.3 is 5.32 Å². The van der Waals surface area contributed by atoms with Gasteiger partial charge in [0.15, 0.2) is 0 Å². The largest absolute Gasteiger partial charge is 0.316 e. The van der Waals surface area contributed by atoms with Gasteiger partial charge in [-0.25, -0.2) is 0 Å². The highest BCUT2D eigenvalue weighted by Gasteiger charge is 2.25. The van der Waals surface area contributed by atoms with Gasteiger partial charge in [0.25, 0.3) is 0 Å². The molecule has 0 aromatic carbocycles. The maximum Gasteiger partial charge on any atom is 0.0141 e. The maximum absolute atomic E-state index is 3.57. The van der Waals surface area contributed by atoms with E-state index in [1.165, 1.54) is 43.4 Å². The molecule has 1 aliphatic rings. The summed E-state index contributed by atoms with van der Waals surface area (Å²) in [4.78, 5) is 3.09. The molecule has 1 saturated carbocycles. The summed E-state index contributed by atoms with van der Waals surface area (Å²) in [6.45, 7) is 4.64. The molecular weight excluding hydrogens is 238 g/mol. The zero-order valence-electron chi connectivity index (χ0n) is 12.0. The smallest absolute Gasteiger partial charge is 0.0141 e. The highest BCUT2D eigenvalue weighted by atomic mass is 32.1. The Morgan fingerprint density at radius 2 is 1.89 bits per heavy atom. The normalized spacial score (nSPS) is 26.2. The van der Waals surface area contributed by atoms with Crippen molar-refractivity contribution >= 4 is 11.3 Å². The zero-order valence-corrected chi connectivity index (χ0v) is 12.9. The van der Waals surface area contributed by atoms with Crippen LogP contribution in [0.4, 0.5) is 0 Å². The summed E-state index contributed by atoms with van der Waals surface area (Å²) < 4.78 is 0. The Bertz CT molecular complexity index is 350. The van der Waals surface area contributed by atoms with Gasteiger partial charge in [0, 0.05) is 15.8 Å². The third-order valence-corrected chi connectivity index (χ3v) is 5.74. The Morgan fingerprint density at radius 1 is 1.22 bits per heavy atom. The van der Waals surface area contributed by atoms with Gasteiger partial charge in [-0.2, -0.15) is 0 Å². The second-order valence-electron chi connectivity index (χ2n) is 5.84. The molecule has 1 heterocycles. The van der Waals surface area contributed by atoms with Crippen LogP contribution in [-0.2, 0) is 12.8 Å². The van der Waals surface area contributed by atoms with Crippen molar-refractivity contribution in [3.05, 3.63) is 21.9 Å². The molecule has 1 aromatic heterocycles. The summed E-state index contributed by atoms with van der Waals surface area (Å²) in [6, 6.07) is 5.32. The summed E-state index contributed by atoms with van der Waals surface area (Å²) in [5, 5.41) is 3.57. The summed E-state index contributed by atoms with van der Waals surface area (Å²) in [5.41, 5.74) is 0. The first-order valence-corrected chi connectivity index (χ1v) is 8.29. The molecule has 0 saturated heterocycles. The number of hydrogen-bond donors (Lipinski definition) is 1. The molecule has 1 aliphatic carbocycles. The molecule has 1 atom stereocenters. The van der Waals surface area contributed by atoms with Crippen molar-refractivity contribution in [1.29, 1.82) is 0 Å². The van der Waals surface area contributed by atoms with E-state index in [0.29, 0.717) is 6.04 Å². The van der Waals surface area contributed by atoms with Crippen molar-refractivity contribution in [2.24, 2.45) is 11.8 Å². The highest BCUT2D eigenvalue weighted by molar-refractivity contribution is 7.11. The Morgan fingerprint density at radius 3 is 2.44 bits per heavy atom. The first-order valence-electron chi connectivity index (χ1n) is 7.47. The van der Waals surface area contributed by atoms with Crippen molar-refractivity contribution in [3.8, 4) is 0 Å². The summed E-state index contributed by atoms with van der Waals surface area (Å²) >= 11 is 2.00. The fraction of sp³-hybridized carbons (Fsp3) is 0.750. The first-order chi connectivity index (χ1) is 8.72. The molecule has 1 unspecified atom stereocenters. The van der Waals surface area contributed by atoms with Gasteiger partial charge in [-0.15, -0.1) is 11.3 Å². The van der Waals surface area contributed by atoms with E-state index in [0.717, 1.165) is 11.8 Å². The van der Waals surface area contributed by atoms with E-state index in [2.05, 4.69) is 38.3 Å². The van der Waals surface area contributed by atoms with E-state index >= 15 is 0 Å². The van der Waals surface area contributed by atoms with Crippen LogP contribution in [0.15, 0.2) is 12.1 Å². The molecule has 2 heteroatoms. The fourth-order valence-corrected chi connectivity index (χ4v) is 4.15. The summed E-state index contributed by atoms with van der Waals surface area (Å²) in [6.07, 6.45) is 8.08. The molecule has 102 valence electrons. The quantitative estimate of drug-likeness (QED) is 0.838. The lowest BCUT2D eigenvalue weighted by Crippen LogP contribution is -2.37. The molecule has 0 spiro atoms. The molecule has 0 radical (unpaired) electrons. The molecule has 1 N–H and O–H groups in total. The number of thiophene rings is 1. The van der Waals surface area contributed by atoms with Crippen LogP contribution in [0.2, 0.25) is 0 Å². The van der Waals surface area contributed by atoms with Gasteiger partial charge in [0.05, 0.1) is 0 Å². The van der Waals surface area contributed by atoms with Gasteiger partial charge in [-0.3, -0.25) is 0 Å². The van der Waals surface area contributed by atoms with Gasteiger partial charge in [-0.1, -0.05) is 26.7 Å². The molecule has 1 fully saturated rings. The average Bonchev–Trinajstić information content (AvgIpc) is 2.85. The van der Waals surface area contributed by atoms with Crippen LogP contribution < -0.4 is 5.32 Å². The number of hydrogen-bond acceptors (Lipinski definition) is 2. The van der Waals surface area contributed by atoms with Crippen LogP contribution in [0.1, 0.15) is 49.3 Å². The molecule has 0 bridgehead atoms. The fourth-order valence-electron chi connectivity index (χ4n) is 3.13. The van der Waals surface area contributed by atoms with Crippen molar-refractivity contribution in [1.82, 2.24) is 5.32 Å². The SMILES string of the molecule is CCc1ccc(CC(NC)C2CCC(C)CC2)s1. The van der Waals surface area contributed by atoms with Gasteiger partial charge >= 0.3 is 0 Å². The van der Waals surface area contributed by atoms with Crippen LogP contribution in [-0.4, -0.2) is 13.1 Å². The molecular formula is C16H27NS. The monoisotopic (exact) mass is 265 g/mol. The molecule has 2 rings (SSSR count). The van der Waals surface area contributed by atoms with Crippen molar-refractivity contribution in [3.63, 3.8) is 0 Å². The van der Waals surface area contributed by atoms with Crippen LogP contribution in [0.3, 0.4) is 0 Å². The third kappa shape index (κ3) is 3.58. The standard InChI is InChI=1S/C16H27NS/c1-4-14-9-10-15(18-14)11-16(17-3)13-7-5-12(2)6-8-13/h9-10,12-13,16-17H,4-8,11H2,1-3H3. The summed E-state index contributed by atoms with van der Waals surface area (Å²) in [5.74, 6) is 1.84. The number of rotatable bonds is 5. The van der Waals surface area contributed by atoms with Crippen LogP contribution >= 0.6 is 11.3 Å². The van der Waals surface area contributed by atoms with E-state index in [4.69, 9.17) is 0 Å². The van der Waals surface area contributed by atoms with Crippen LogP contribution in [0, 0.1) is 11.8 Å². The molecule has 0 aliphatic heterocycles. The Kier molecular flexibility index (Phi) is 5.25. The third-order valence-electron chi connectivity index (χ3n) is 4.49. The summed E-state index contributed by atoms with van der Waals surface area (Å²) in [7, 11) is 2.14. The van der Waals surface area contributed by atoms with E-state index in [-0.39, 0.29) is 0 Å². The minimum atomic E-state index is 0.681. The van der Waals surface area contributed by atoms with Gasteiger partial charge in [0.1, 0.15) is 0 Å². The lowest BCUT2D eigenvalue weighted by Gasteiger charge is -2.32. The highest BCUT2D eigenvalue weighted by Crippen LogP contribution is 2.32. The van der Waals surface area contributed by atoms with Crippen LogP contribution in [0.5, 0.6) is 0 Å². The second kappa shape index (κ2) is 6.72. The van der Waals surface area contributed by atoms with Crippen molar-refractivity contribution < 1.29 is 0 Å². The first kappa shape index (κ1) is 14.1. The predicted molar refractivity (Wildman–Crippen MR) is 81.4 cm³/mol. The Balaban J connectivity index is 1.92. The van der Waals surface area contributed by atoms with Crippen LogP contribution in [0.25, 0.3) is 0 Å². The van der Waals surface area contributed by atoms with Crippen molar-refractivity contribution in [2.75, 3.05) is 7.05 Å². The van der Waals surface area contributed by atoms with Gasteiger partial charge in [-0.05, 0) is 56.7 Å². The topological polar surface area (TPSA) is 12.0 Å². The molecule has 1 nitrogen and oxygen atoms in total. The predicted octanol–water partition coefficient (Wildman–Crippen LogP) is 4.27. The average molecular weight is 265 g/mol. The number of aryl methyl sites for hydroxylation is 1. The minimum Gasteiger partial charge on any atom is -0.316 e. The number of nitrogens with one attached hydrogen (secondary N) is 1. The minimum absolute atomic E-state index is 0.681. The second-order valence-corrected chi connectivity index (χ2v) is 7.09. The Hall–Kier alpha value is -0.340. The van der Waals surface area contributed by atoms with Gasteiger partial charge in [0.2, 0.25) is 0 Å².